The van der Waals surface area contributed by atoms with Gasteiger partial charge in [0.1, 0.15) is 5.75 Å². The van der Waals surface area contributed by atoms with Crippen molar-refractivity contribution in [3.05, 3.63) is 29.8 Å². The fourth-order valence-electron chi connectivity index (χ4n) is 1.94. The quantitative estimate of drug-likeness (QED) is 0.743. The van der Waals surface area contributed by atoms with E-state index >= 15 is 0 Å². The third-order valence-corrected chi connectivity index (χ3v) is 2.99. The van der Waals surface area contributed by atoms with Crippen molar-refractivity contribution in [3.8, 4) is 5.75 Å². The van der Waals surface area contributed by atoms with E-state index in [2.05, 4.69) is 13.8 Å². The number of aliphatic carboxylic acids is 1. The molecule has 4 heteroatoms. The molecular formula is C16H26O4. The molecule has 0 radical (unpaired) electrons. The van der Waals surface area contributed by atoms with Crippen molar-refractivity contribution < 1.29 is 20.1 Å². The van der Waals surface area contributed by atoms with E-state index in [4.69, 9.17) is 15.0 Å². The number of carbonyl (C=O) groups is 1. The van der Waals surface area contributed by atoms with Gasteiger partial charge in [0.25, 0.3) is 5.97 Å². The van der Waals surface area contributed by atoms with Crippen LogP contribution < -0.4 is 0 Å². The van der Waals surface area contributed by atoms with E-state index in [0.717, 1.165) is 25.3 Å². The second kappa shape index (κ2) is 10.3. The summed E-state index contributed by atoms with van der Waals surface area (Å²) in [4.78, 5) is 9.00. The number of aliphatic hydroxyl groups is 1. The molecule has 1 rings (SSSR count). The number of carboxylic acid groups (broad SMARTS) is 1. The Morgan fingerprint density at radius 1 is 1.15 bits per heavy atom. The Hall–Kier alpha value is -1.55. The molecule has 0 aliphatic rings. The van der Waals surface area contributed by atoms with Crippen molar-refractivity contribution >= 4 is 5.97 Å². The highest BCUT2D eigenvalue weighted by molar-refractivity contribution is 5.62. The van der Waals surface area contributed by atoms with Crippen molar-refractivity contribution in [2.24, 2.45) is 5.92 Å². The minimum Gasteiger partial charge on any atom is -0.508 e. The number of benzene rings is 1. The van der Waals surface area contributed by atoms with Gasteiger partial charge in [-0.05, 0) is 36.5 Å². The van der Waals surface area contributed by atoms with Crippen LogP contribution in [-0.4, -0.2) is 21.3 Å². The largest absolute Gasteiger partial charge is 0.508 e. The first-order valence-electron chi connectivity index (χ1n) is 7.03. The van der Waals surface area contributed by atoms with E-state index in [0.29, 0.717) is 5.92 Å². The molecule has 20 heavy (non-hydrogen) atoms. The molecule has 0 saturated carbocycles. The molecule has 0 amide bonds. The van der Waals surface area contributed by atoms with E-state index in [1.807, 2.05) is 0 Å². The molecule has 0 bridgehead atoms. The van der Waals surface area contributed by atoms with Crippen LogP contribution in [0.15, 0.2) is 24.3 Å². The lowest BCUT2D eigenvalue weighted by atomic mass is 9.96. The molecule has 0 spiro atoms. The van der Waals surface area contributed by atoms with Gasteiger partial charge in [0.2, 0.25) is 0 Å². The van der Waals surface area contributed by atoms with Gasteiger partial charge in [0.15, 0.2) is 0 Å². The van der Waals surface area contributed by atoms with E-state index in [9.17, 15) is 5.11 Å². The fourth-order valence-corrected chi connectivity index (χ4v) is 1.94. The standard InChI is InChI=1S/C14H22O2.C2H4O2/c1-3-4-11(2)5-10-14(16)12-6-8-13(15)9-7-12;1-2(3)4/h6-9,11,14-16H,3-5,10H2,1-2H3;1H3,(H,3,4). The van der Waals surface area contributed by atoms with Gasteiger partial charge in [-0.2, -0.15) is 0 Å². The summed E-state index contributed by atoms with van der Waals surface area (Å²) in [6.45, 7) is 5.50. The number of aromatic hydroxyl groups is 1. The highest BCUT2D eigenvalue weighted by atomic mass is 16.4. The monoisotopic (exact) mass is 282 g/mol. The molecular weight excluding hydrogens is 256 g/mol. The smallest absolute Gasteiger partial charge is 0.300 e. The summed E-state index contributed by atoms with van der Waals surface area (Å²) in [5.74, 6) is 0.0899. The van der Waals surface area contributed by atoms with Crippen LogP contribution in [0, 0.1) is 5.92 Å². The first-order valence-corrected chi connectivity index (χ1v) is 7.03. The van der Waals surface area contributed by atoms with Crippen LogP contribution in [0.5, 0.6) is 5.75 Å². The van der Waals surface area contributed by atoms with Crippen LogP contribution in [0.2, 0.25) is 0 Å². The maximum atomic E-state index is 9.95. The average molecular weight is 282 g/mol. The molecule has 1 aromatic carbocycles. The summed E-state index contributed by atoms with van der Waals surface area (Å²) in [7, 11) is 0. The van der Waals surface area contributed by atoms with Crippen LogP contribution in [0.3, 0.4) is 0 Å². The molecule has 0 aromatic heterocycles. The Labute approximate surface area is 121 Å². The summed E-state index contributed by atoms with van der Waals surface area (Å²) in [5.41, 5.74) is 0.890. The first kappa shape index (κ1) is 18.4. The molecule has 2 unspecified atom stereocenters. The molecule has 4 nitrogen and oxygen atoms in total. The fraction of sp³-hybridized carbons (Fsp3) is 0.562. The predicted molar refractivity (Wildman–Crippen MR) is 79.7 cm³/mol. The average Bonchev–Trinajstić information content (AvgIpc) is 2.36. The molecule has 0 fully saturated rings. The van der Waals surface area contributed by atoms with Gasteiger partial charge in [-0.15, -0.1) is 0 Å². The number of hydrogen-bond acceptors (Lipinski definition) is 3. The van der Waals surface area contributed by atoms with E-state index in [1.165, 1.54) is 12.8 Å². The van der Waals surface area contributed by atoms with E-state index < -0.39 is 12.1 Å². The number of rotatable bonds is 6. The zero-order chi connectivity index (χ0) is 15.5. The van der Waals surface area contributed by atoms with E-state index in [1.54, 1.807) is 24.3 Å². The Bertz CT molecular complexity index is 369. The molecule has 2 atom stereocenters. The number of phenolic OH excluding ortho intramolecular Hbond substituents is 1. The molecule has 0 aliphatic carbocycles. The predicted octanol–water partition coefficient (Wildman–Crippen LogP) is 3.73. The Kier molecular flexibility index (Phi) is 9.47. The zero-order valence-corrected chi connectivity index (χ0v) is 12.5. The number of carboxylic acids is 1. The third-order valence-electron chi connectivity index (χ3n) is 2.99. The highest BCUT2D eigenvalue weighted by Gasteiger charge is 2.09. The Morgan fingerprint density at radius 2 is 1.65 bits per heavy atom. The minimum absolute atomic E-state index is 0.246. The van der Waals surface area contributed by atoms with Crippen LogP contribution in [-0.2, 0) is 4.79 Å². The summed E-state index contributed by atoms with van der Waals surface area (Å²) in [6.07, 6.45) is 3.88. The van der Waals surface area contributed by atoms with Gasteiger partial charge in [0, 0.05) is 6.92 Å². The van der Waals surface area contributed by atoms with Crippen LogP contribution >= 0.6 is 0 Å². The Morgan fingerprint density at radius 3 is 2.10 bits per heavy atom. The van der Waals surface area contributed by atoms with E-state index in [-0.39, 0.29) is 5.75 Å². The van der Waals surface area contributed by atoms with Crippen molar-refractivity contribution in [3.63, 3.8) is 0 Å². The van der Waals surface area contributed by atoms with Crippen LogP contribution in [0.25, 0.3) is 0 Å². The number of phenols is 1. The lowest BCUT2D eigenvalue weighted by molar-refractivity contribution is -0.134. The summed E-state index contributed by atoms with van der Waals surface area (Å²) < 4.78 is 0. The van der Waals surface area contributed by atoms with Crippen LogP contribution in [0.4, 0.5) is 0 Å². The lowest BCUT2D eigenvalue weighted by Gasteiger charge is -2.14. The van der Waals surface area contributed by atoms with Crippen molar-refractivity contribution in [1.82, 2.24) is 0 Å². The van der Waals surface area contributed by atoms with Crippen molar-refractivity contribution in [2.45, 2.75) is 52.6 Å². The van der Waals surface area contributed by atoms with Crippen LogP contribution in [0.1, 0.15) is 58.1 Å². The normalized spacial score (nSPS) is 13.0. The van der Waals surface area contributed by atoms with Crippen molar-refractivity contribution in [2.75, 3.05) is 0 Å². The molecule has 3 N–H and O–H groups in total. The zero-order valence-electron chi connectivity index (χ0n) is 12.5. The summed E-state index contributed by atoms with van der Waals surface area (Å²) >= 11 is 0. The molecule has 0 heterocycles. The second-order valence-corrected chi connectivity index (χ2v) is 5.10. The lowest BCUT2D eigenvalue weighted by Crippen LogP contribution is -2.01. The summed E-state index contributed by atoms with van der Waals surface area (Å²) in [5, 5.41) is 26.5. The summed E-state index contributed by atoms with van der Waals surface area (Å²) in [6, 6.07) is 6.80. The molecule has 0 aliphatic heterocycles. The first-order chi connectivity index (χ1) is 9.36. The van der Waals surface area contributed by atoms with Gasteiger partial charge in [-0.25, -0.2) is 0 Å². The molecule has 114 valence electrons. The van der Waals surface area contributed by atoms with Gasteiger partial charge in [-0.3, -0.25) is 4.79 Å². The van der Waals surface area contributed by atoms with Crippen molar-refractivity contribution in [1.29, 1.82) is 0 Å². The molecule has 0 saturated heterocycles. The topological polar surface area (TPSA) is 77.8 Å². The third kappa shape index (κ3) is 9.39. The SMILES string of the molecule is CC(=O)O.CCCC(C)CCC(O)c1ccc(O)cc1. The maximum Gasteiger partial charge on any atom is 0.300 e. The van der Waals surface area contributed by atoms with Gasteiger partial charge in [0.05, 0.1) is 6.10 Å². The number of hydrogen-bond donors (Lipinski definition) is 3. The van der Waals surface area contributed by atoms with Gasteiger partial charge < -0.3 is 15.3 Å². The maximum absolute atomic E-state index is 9.95. The highest BCUT2D eigenvalue weighted by Crippen LogP contribution is 2.23. The minimum atomic E-state index is -0.833. The molecule has 1 aromatic rings. The number of aliphatic hydroxyl groups excluding tert-OH is 1. The Balaban J connectivity index is 0.000000796. The van der Waals surface area contributed by atoms with Gasteiger partial charge >= 0.3 is 0 Å². The van der Waals surface area contributed by atoms with Gasteiger partial charge in [-0.1, -0.05) is 38.8 Å². The second-order valence-electron chi connectivity index (χ2n) is 5.10.